The Morgan fingerprint density at radius 1 is 1.29 bits per heavy atom. The van der Waals surface area contributed by atoms with Gasteiger partial charge in [-0.1, -0.05) is 53.2 Å². The molecule has 0 radical (unpaired) electrons. The maximum absolute atomic E-state index is 5.46. The van der Waals surface area contributed by atoms with Crippen molar-refractivity contribution in [2.24, 2.45) is 0 Å². The van der Waals surface area contributed by atoms with Crippen LogP contribution in [0.5, 0.6) is 0 Å². The molecule has 0 saturated carbocycles. The van der Waals surface area contributed by atoms with Gasteiger partial charge in [0.05, 0.1) is 6.10 Å². The van der Waals surface area contributed by atoms with Crippen LogP contribution in [0.15, 0.2) is 30.3 Å². The highest BCUT2D eigenvalue weighted by Gasteiger charge is 2.11. The van der Waals surface area contributed by atoms with E-state index in [-0.39, 0.29) is 0 Å². The maximum atomic E-state index is 5.46. The number of benzene rings is 1. The van der Waals surface area contributed by atoms with Crippen LogP contribution in [0.2, 0.25) is 0 Å². The van der Waals surface area contributed by atoms with Crippen LogP contribution in [0.25, 0.3) is 0 Å². The lowest BCUT2D eigenvalue weighted by atomic mass is 10.2. The van der Waals surface area contributed by atoms with E-state index in [9.17, 15) is 0 Å². The van der Waals surface area contributed by atoms with Gasteiger partial charge in [-0.05, 0) is 12.0 Å². The minimum Gasteiger partial charge on any atom is -0.380 e. The number of ether oxygens (including phenoxy) is 1. The van der Waals surface area contributed by atoms with Crippen LogP contribution in [0.4, 0.5) is 0 Å². The topological polar surface area (TPSA) is 12.5 Å². The normalized spacial score (nSPS) is 12.9. The number of hydrogen-bond donors (Lipinski definition) is 0. The summed E-state index contributed by atoms with van der Waals surface area (Å²) >= 11 is 3.51. The molecular weight excluding hydrogens is 278 g/mol. The summed E-state index contributed by atoms with van der Waals surface area (Å²) in [6.07, 6.45) is 1.39. The summed E-state index contributed by atoms with van der Waals surface area (Å²) in [5.41, 5.74) is 1.36. The third-order valence-electron chi connectivity index (χ3n) is 2.90. The van der Waals surface area contributed by atoms with E-state index in [1.165, 1.54) is 5.56 Å². The van der Waals surface area contributed by atoms with Crippen molar-refractivity contribution in [2.75, 3.05) is 25.5 Å². The van der Waals surface area contributed by atoms with Gasteiger partial charge in [0, 0.05) is 32.1 Å². The molecule has 1 rings (SSSR count). The number of nitrogens with zero attached hydrogens (tertiary/aromatic N) is 1. The quantitative estimate of drug-likeness (QED) is 0.683. The third-order valence-corrected chi connectivity index (χ3v) is 3.25. The summed E-state index contributed by atoms with van der Waals surface area (Å²) < 4.78 is 5.46. The molecule has 1 unspecified atom stereocenters. The van der Waals surface area contributed by atoms with E-state index in [0.29, 0.717) is 6.10 Å². The van der Waals surface area contributed by atoms with Crippen LogP contribution in [-0.2, 0) is 11.3 Å². The van der Waals surface area contributed by atoms with E-state index >= 15 is 0 Å². The van der Waals surface area contributed by atoms with Crippen LogP contribution in [0.1, 0.15) is 18.9 Å². The smallest absolute Gasteiger partial charge is 0.0695 e. The molecule has 0 heterocycles. The molecule has 0 saturated heterocycles. The summed E-state index contributed by atoms with van der Waals surface area (Å²) in [4.78, 5) is 2.43. The lowest BCUT2D eigenvalue weighted by Crippen LogP contribution is -2.34. The molecule has 0 aliphatic carbocycles. The van der Waals surface area contributed by atoms with Gasteiger partial charge in [0.15, 0.2) is 0 Å². The third kappa shape index (κ3) is 5.66. The van der Waals surface area contributed by atoms with Gasteiger partial charge in [-0.25, -0.2) is 0 Å². The molecule has 1 aromatic rings. The van der Waals surface area contributed by atoms with Crippen LogP contribution >= 0.6 is 15.9 Å². The second kappa shape index (κ2) is 8.67. The Labute approximate surface area is 113 Å². The van der Waals surface area contributed by atoms with E-state index < -0.39 is 0 Å². The van der Waals surface area contributed by atoms with Gasteiger partial charge < -0.3 is 4.74 Å². The molecule has 0 fully saturated rings. The predicted molar refractivity (Wildman–Crippen MR) is 76.6 cm³/mol. The molecule has 1 atom stereocenters. The number of rotatable bonds is 8. The zero-order valence-electron chi connectivity index (χ0n) is 10.7. The van der Waals surface area contributed by atoms with Gasteiger partial charge in [0.2, 0.25) is 0 Å². The van der Waals surface area contributed by atoms with Crippen molar-refractivity contribution >= 4 is 15.9 Å². The summed E-state index contributed by atoms with van der Waals surface area (Å²) in [5, 5.41) is 1.000. The van der Waals surface area contributed by atoms with Gasteiger partial charge in [-0.15, -0.1) is 0 Å². The van der Waals surface area contributed by atoms with Gasteiger partial charge in [0.25, 0.3) is 0 Å². The molecule has 0 aliphatic heterocycles. The molecule has 2 nitrogen and oxygen atoms in total. The molecular formula is C14H22BrNO. The number of hydrogen-bond acceptors (Lipinski definition) is 2. The Balaban J connectivity index is 2.53. The summed E-state index contributed by atoms with van der Waals surface area (Å²) in [6, 6.07) is 10.6. The first-order chi connectivity index (χ1) is 8.30. The zero-order valence-corrected chi connectivity index (χ0v) is 12.3. The molecule has 3 heteroatoms. The minimum absolute atomic E-state index is 0.331. The fourth-order valence-electron chi connectivity index (χ4n) is 1.85. The Morgan fingerprint density at radius 2 is 2.00 bits per heavy atom. The Kier molecular flexibility index (Phi) is 7.49. The fourth-order valence-corrected chi connectivity index (χ4v) is 2.36. The van der Waals surface area contributed by atoms with Crippen LogP contribution in [0.3, 0.4) is 0 Å². The largest absolute Gasteiger partial charge is 0.380 e. The van der Waals surface area contributed by atoms with Crippen molar-refractivity contribution in [1.82, 2.24) is 4.90 Å². The van der Waals surface area contributed by atoms with Crippen molar-refractivity contribution in [1.29, 1.82) is 0 Å². The summed E-state index contributed by atoms with van der Waals surface area (Å²) in [6.45, 7) is 5.21. The number of methoxy groups -OCH3 is 1. The Bertz CT molecular complexity index is 288. The lowest BCUT2D eigenvalue weighted by molar-refractivity contribution is 0.0610. The van der Waals surface area contributed by atoms with E-state index in [4.69, 9.17) is 4.74 Å². The van der Waals surface area contributed by atoms with Crippen molar-refractivity contribution < 1.29 is 4.74 Å². The van der Waals surface area contributed by atoms with Crippen molar-refractivity contribution in [3.05, 3.63) is 35.9 Å². The average molecular weight is 300 g/mol. The molecule has 0 aromatic heterocycles. The highest BCUT2D eigenvalue weighted by atomic mass is 79.9. The number of alkyl halides is 1. The van der Waals surface area contributed by atoms with Crippen LogP contribution in [0, 0.1) is 0 Å². The molecule has 0 spiro atoms. The number of halogens is 1. The van der Waals surface area contributed by atoms with E-state index in [0.717, 1.165) is 31.4 Å². The van der Waals surface area contributed by atoms with Gasteiger partial charge in [-0.3, -0.25) is 4.90 Å². The molecule has 1 aromatic carbocycles. The van der Waals surface area contributed by atoms with Crippen LogP contribution in [-0.4, -0.2) is 36.5 Å². The molecule has 0 N–H and O–H groups in total. The first-order valence-corrected chi connectivity index (χ1v) is 7.27. The maximum Gasteiger partial charge on any atom is 0.0695 e. The first kappa shape index (κ1) is 14.7. The van der Waals surface area contributed by atoms with Crippen molar-refractivity contribution in [3.63, 3.8) is 0 Å². The van der Waals surface area contributed by atoms with Gasteiger partial charge >= 0.3 is 0 Å². The fraction of sp³-hybridized carbons (Fsp3) is 0.571. The summed E-state index contributed by atoms with van der Waals surface area (Å²) in [7, 11) is 1.79. The molecule has 17 heavy (non-hydrogen) atoms. The van der Waals surface area contributed by atoms with Crippen molar-refractivity contribution in [3.8, 4) is 0 Å². The van der Waals surface area contributed by atoms with Crippen LogP contribution < -0.4 is 0 Å². The Hall–Kier alpha value is -0.380. The second-order valence-electron chi connectivity index (χ2n) is 4.18. The molecule has 96 valence electrons. The highest BCUT2D eigenvalue weighted by molar-refractivity contribution is 9.09. The minimum atomic E-state index is 0.331. The predicted octanol–water partition coefficient (Wildman–Crippen LogP) is 3.31. The molecule has 0 bridgehead atoms. The van der Waals surface area contributed by atoms with E-state index in [1.807, 2.05) is 0 Å². The second-order valence-corrected chi connectivity index (χ2v) is 4.97. The van der Waals surface area contributed by atoms with Crippen molar-refractivity contribution in [2.45, 2.75) is 26.0 Å². The zero-order chi connectivity index (χ0) is 12.5. The van der Waals surface area contributed by atoms with E-state index in [2.05, 4.69) is 58.1 Å². The molecule has 0 aliphatic rings. The summed E-state index contributed by atoms with van der Waals surface area (Å²) in [5.74, 6) is 0. The standard InChI is InChI=1S/C14H22BrNO/c1-3-14(17-2)12-16(10-9-15)11-13-7-5-4-6-8-13/h4-8,14H,3,9-12H2,1-2H3. The highest BCUT2D eigenvalue weighted by Crippen LogP contribution is 2.08. The SMILES string of the molecule is CCC(CN(CCBr)Cc1ccccc1)OC. The molecule has 0 amide bonds. The average Bonchev–Trinajstić information content (AvgIpc) is 2.37. The first-order valence-electron chi connectivity index (χ1n) is 6.15. The Morgan fingerprint density at radius 3 is 2.53 bits per heavy atom. The van der Waals surface area contributed by atoms with E-state index in [1.54, 1.807) is 7.11 Å². The monoisotopic (exact) mass is 299 g/mol. The van der Waals surface area contributed by atoms with Gasteiger partial charge in [0.1, 0.15) is 0 Å². The lowest BCUT2D eigenvalue weighted by Gasteiger charge is -2.25. The van der Waals surface area contributed by atoms with Gasteiger partial charge in [-0.2, -0.15) is 0 Å².